The zero-order valence-corrected chi connectivity index (χ0v) is 21.4. The summed E-state index contributed by atoms with van der Waals surface area (Å²) in [7, 11) is -10.4. The van der Waals surface area contributed by atoms with Crippen molar-refractivity contribution in [3.63, 3.8) is 0 Å². The first-order chi connectivity index (χ1) is 11.0. The Kier molecular flexibility index (Phi) is 8.34. The molecule has 1 aliphatic rings. The van der Waals surface area contributed by atoms with Gasteiger partial charge in [0.2, 0.25) is 0 Å². The van der Waals surface area contributed by atoms with E-state index in [4.69, 9.17) is 0 Å². The topological polar surface area (TPSA) is 149 Å². The summed E-state index contributed by atoms with van der Waals surface area (Å²) in [6, 6.07) is 6.38. The molecule has 0 fully saturated rings. The number of rotatable bonds is 2. The number of ketones is 2. The molecule has 26 heavy (non-hydrogen) atoms. The molecule has 0 heterocycles. The van der Waals surface area contributed by atoms with Crippen LogP contribution in [-0.2, 0) is 20.2 Å². The number of carbonyl (C=O) groups excluding carboxylic acids is 2. The van der Waals surface area contributed by atoms with Crippen LogP contribution in [0.25, 0.3) is 0 Å². The van der Waals surface area contributed by atoms with E-state index >= 15 is 0 Å². The fraction of sp³-hybridized carbons (Fsp3) is 0. The van der Waals surface area contributed by atoms with Gasteiger partial charge in [-0.05, 0) is 12.1 Å². The second-order valence-corrected chi connectivity index (χ2v) is 7.62. The van der Waals surface area contributed by atoms with E-state index in [1.807, 2.05) is 0 Å². The Morgan fingerprint density at radius 2 is 0.923 bits per heavy atom. The van der Waals surface area contributed by atoms with Crippen molar-refractivity contribution in [1.29, 1.82) is 0 Å². The van der Waals surface area contributed by atoms with E-state index in [9.17, 15) is 35.5 Å². The zero-order valence-electron chi connectivity index (χ0n) is 13.5. The maximum Gasteiger partial charge on any atom is 1.00 e. The third-order valence-electron chi connectivity index (χ3n) is 3.54. The molecule has 0 atom stereocenters. The molecule has 0 saturated heterocycles. The summed E-state index contributed by atoms with van der Waals surface area (Å²) in [5.74, 6) is -2.03. The number of benzene rings is 2. The summed E-state index contributed by atoms with van der Waals surface area (Å²) < 4.78 is 68.3. The first kappa shape index (κ1) is 24.9. The van der Waals surface area contributed by atoms with Crippen LogP contribution in [0.1, 0.15) is 31.8 Å². The van der Waals surface area contributed by atoms with E-state index in [-0.39, 0.29) is 114 Å². The van der Waals surface area contributed by atoms with Crippen LogP contribution in [0, 0.1) is 0 Å². The van der Waals surface area contributed by atoms with Gasteiger partial charge >= 0.3 is 103 Å². The Bertz CT molecular complexity index is 1050. The van der Waals surface area contributed by atoms with Crippen LogP contribution in [0.2, 0.25) is 0 Å². The van der Waals surface area contributed by atoms with Gasteiger partial charge in [-0.1, -0.05) is 24.3 Å². The van der Waals surface area contributed by atoms with Crippen LogP contribution in [0.5, 0.6) is 0 Å². The standard InChI is InChI=1S/C14H8O8S2.2K/c15-13-7-3-1-2-4-8(7)14(16)12-10(24(20,21)22)6-5-9(11(12)13)23(17,18)19;;/h1-6H,(H,17,18,19)(H,20,21,22);;/q;2*+1/p-2. The van der Waals surface area contributed by atoms with Crippen molar-refractivity contribution in [2.45, 2.75) is 9.79 Å². The molecule has 3 rings (SSSR count). The Labute approximate surface area is 234 Å². The molecule has 0 bridgehead atoms. The van der Waals surface area contributed by atoms with Gasteiger partial charge in [0.25, 0.3) is 0 Å². The predicted molar refractivity (Wildman–Crippen MR) is 75.7 cm³/mol. The third kappa shape index (κ3) is 4.38. The first-order valence-corrected chi connectivity index (χ1v) is 9.12. The SMILES string of the molecule is O=C1c2ccccc2C(=O)c2c(S(=O)(=O)[O-])ccc(S(=O)(=O)[O-])c21.[K+].[K+]. The number of hydrogen-bond donors (Lipinski definition) is 0. The molecule has 12 heteroatoms. The zero-order chi connectivity index (χ0) is 17.9. The summed E-state index contributed by atoms with van der Waals surface area (Å²) in [4.78, 5) is 23.0. The minimum absolute atomic E-state index is 0. The molecular weight excluding hydrogens is 438 g/mol. The predicted octanol–water partition coefficient (Wildman–Crippen LogP) is -5.72. The van der Waals surface area contributed by atoms with Crippen molar-refractivity contribution >= 4 is 31.8 Å². The first-order valence-electron chi connectivity index (χ1n) is 6.30. The maximum atomic E-state index is 12.5. The third-order valence-corrected chi connectivity index (χ3v) is 5.30. The Morgan fingerprint density at radius 3 is 1.19 bits per heavy atom. The average Bonchev–Trinajstić information content (AvgIpc) is 2.49. The van der Waals surface area contributed by atoms with Gasteiger partial charge in [-0.15, -0.1) is 0 Å². The Morgan fingerprint density at radius 1 is 0.615 bits per heavy atom. The maximum absolute atomic E-state index is 12.5. The molecule has 0 spiro atoms. The largest absolute Gasteiger partial charge is 1.00 e. The molecule has 1 aliphatic carbocycles. The van der Waals surface area contributed by atoms with Crippen molar-refractivity contribution in [3.05, 3.63) is 58.7 Å². The molecular formula is C14H6K2O8S2. The second kappa shape index (κ2) is 8.71. The smallest absolute Gasteiger partial charge is 0.744 e. The molecule has 0 radical (unpaired) electrons. The van der Waals surface area contributed by atoms with Crippen LogP contribution < -0.4 is 103 Å². The minimum atomic E-state index is -5.19. The number of carbonyl (C=O) groups is 2. The quantitative estimate of drug-likeness (QED) is 0.280. The molecule has 8 nitrogen and oxygen atoms in total. The fourth-order valence-electron chi connectivity index (χ4n) is 2.58. The molecule has 0 aromatic heterocycles. The molecule has 2 aromatic rings. The Balaban J connectivity index is 0.00000169. The van der Waals surface area contributed by atoms with Gasteiger partial charge in [-0.2, -0.15) is 0 Å². The molecule has 0 N–H and O–H groups in total. The van der Waals surface area contributed by atoms with Crippen molar-refractivity contribution in [2.24, 2.45) is 0 Å². The summed E-state index contributed by atoms with van der Waals surface area (Å²) in [5.41, 5.74) is -2.13. The van der Waals surface area contributed by atoms with Crippen LogP contribution in [0.4, 0.5) is 0 Å². The van der Waals surface area contributed by atoms with Crippen LogP contribution in [-0.4, -0.2) is 37.5 Å². The monoisotopic (exact) mass is 444 g/mol. The second-order valence-electron chi connectivity index (χ2n) is 4.92. The van der Waals surface area contributed by atoms with E-state index in [2.05, 4.69) is 0 Å². The van der Waals surface area contributed by atoms with Crippen LogP contribution in [0.15, 0.2) is 46.2 Å². The molecule has 0 saturated carbocycles. The summed E-state index contributed by atoms with van der Waals surface area (Å²) >= 11 is 0. The van der Waals surface area contributed by atoms with Gasteiger partial charge in [0.05, 0.1) is 20.9 Å². The van der Waals surface area contributed by atoms with E-state index in [1.165, 1.54) is 24.3 Å². The van der Waals surface area contributed by atoms with Gasteiger partial charge in [0.15, 0.2) is 11.6 Å². The summed E-state index contributed by atoms with van der Waals surface area (Å²) in [5, 5.41) is 0. The van der Waals surface area contributed by atoms with E-state index in [1.54, 1.807) is 0 Å². The number of hydrogen-bond acceptors (Lipinski definition) is 8. The van der Waals surface area contributed by atoms with E-state index < -0.39 is 52.7 Å². The average molecular weight is 445 g/mol. The van der Waals surface area contributed by atoms with Crippen LogP contribution >= 0.6 is 0 Å². The van der Waals surface area contributed by atoms with Gasteiger partial charge in [-0.3, -0.25) is 9.59 Å². The normalized spacial score (nSPS) is 13.2. The van der Waals surface area contributed by atoms with E-state index in [0.717, 1.165) is 0 Å². The minimum Gasteiger partial charge on any atom is -0.744 e. The molecule has 0 amide bonds. The summed E-state index contributed by atoms with van der Waals surface area (Å²) in [6.07, 6.45) is 0. The molecule has 0 unspecified atom stereocenters. The van der Waals surface area contributed by atoms with Gasteiger partial charge in [0.1, 0.15) is 20.2 Å². The fourth-order valence-corrected chi connectivity index (χ4v) is 3.94. The van der Waals surface area contributed by atoms with Crippen LogP contribution in [0.3, 0.4) is 0 Å². The van der Waals surface area contributed by atoms with Crippen molar-refractivity contribution < 1.29 is 138 Å². The van der Waals surface area contributed by atoms with Crippen molar-refractivity contribution in [3.8, 4) is 0 Å². The number of fused-ring (bicyclic) bond motifs is 2. The van der Waals surface area contributed by atoms with Gasteiger partial charge in [0, 0.05) is 11.1 Å². The Hall–Kier alpha value is 0.873. The van der Waals surface area contributed by atoms with Crippen molar-refractivity contribution in [2.75, 3.05) is 0 Å². The molecule has 2 aromatic carbocycles. The molecule has 124 valence electrons. The summed E-state index contributed by atoms with van der Waals surface area (Å²) in [6.45, 7) is 0. The van der Waals surface area contributed by atoms with Gasteiger partial charge < -0.3 is 9.11 Å². The van der Waals surface area contributed by atoms with E-state index in [0.29, 0.717) is 12.1 Å². The molecule has 0 aliphatic heterocycles. The van der Waals surface area contributed by atoms with Crippen molar-refractivity contribution in [1.82, 2.24) is 0 Å². The van der Waals surface area contributed by atoms with Gasteiger partial charge in [-0.25, -0.2) is 16.8 Å².